The molecule has 4 rings (SSSR count). The number of amides is 2. The van der Waals surface area contributed by atoms with E-state index in [-0.39, 0.29) is 17.7 Å². The van der Waals surface area contributed by atoms with E-state index < -0.39 is 0 Å². The summed E-state index contributed by atoms with van der Waals surface area (Å²) in [5, 5.41) is 0. The molecule has 2 heterocycles. The minimum absolute atomic E-state index is 0.175. The van der Waals surface area contributed by atoms with Gasteiger partial charge in [0.15, 0.2) is 0 Å². The molecule has 0 saturated carbocycles. The second-order valence-corrected chi connectivity index (χ2v) is 8.09. The average molecular weight is 374 g/mol. The molecule has 2 aliphatic rings. The van der Waals surface area contributed by atoms with E-state index in [9.17, 15) is 9.59 Å². The number of fused-ring (bicyclic) bond motifs is 1. The number of anilines is 1. The van der Waals surface area contributed by atoms with Crippen LogP contribution in [0.2, 0.25) is 0 Å². The Bertz CT molecular complexity index is 957. The zero-order valence-electron chi connectivity index (χ0n) is 16.7. The van der Waals surface area contributed by atoms with Crippen LogP contribution in [-0.2, 0) is 16.0 Å². The smallest absolute Gasteiger partial charge is 0.278 e. The summed E-state index contributed by atoms with van der Waals surface area (Å²) in [5.74, 6) is -0.133. The Kier molecular flexibility index (Phi) is 4.80. The van der Waals surface area contributed by atoms with E-state index in [1.807, 2.05) is 57.2 Å². The molecule has 2 amide bonds. The normalized spacial score (nSPS) is 17.0. The maximum absolute atomic E-state index is 13.4. The molecule has 4 heteroatoms. The zero-order chi connectivity index (χ0) is 19.8. The van der Waals surface area contributed by atoms with Crippen molar-refractivity contribution in [3.05, 3.63) is 70.9 Å². The topological polar surface area (TPSA) is 40.6 Å². The van der Waals surface area contributed by atoms with Crippen molar-refractivity contribution in [3.63, 3.8) is 0 Å². The van der Waals surface area contributed by atoms with E-state index in [1.165, 1.54) is 10.5 Å². The van der Waals surface area contributed by atoms with Gasteiger partial charge in [0.25, 0.3) is 11.8 Å². The van der Waals surface area contributed by atoms with Crippen molar-refractivity contribution in [2.75, 3.05) is 18.0 Å². The molecule has 0 saturated heterocycles. The van der Waals surface area contributed by atoms with Crippen LogP contribution in [0, 0.1) is 12.8 Å². The van der Waals surface area contributed by atoms with Crippen molar-refractivity contribution in [3.8, 4) is 0 Å². The molecule has 0 fully saturated rings. The minimum atomic E-state index is -0.180. The summed E-state index contributed by atoms with van der Waals surface area (Å²) >= 11 is 0. The monoisotopic (exact) mass is 374 g/mol. The number of benzene rings is 2. The Morgan fingerprint density at radius 2 is 1.68 bits per heavy atom. The fourth-order valence-electron chi connectivity index (χ4n) is 4.09. The third-order valence-electron chi connectivity index (χ3n) is 5.41. The largest absolute Gasteiger partial charge is 0.336 e. The van der Waals surface area contributed by atoms with Crippen LogP contribution in [0.3, 0.4) is 0 Å². The van der Waals surface area contributed by atoms with Crippen LogP contribution >= 0.6 is 0 Å². The number of carbonyl (C=O) groups is 2. The fraction of sp³-hybridized carbons (Fsp3) is 0.333. The summed E-state index contributed by atoms with van der Waals surface area (Å²) in [6.07, 6.45) is 1.96. The van der Waals surface area contributed by atoms with Crippen LogP contribution < -0.4 is 4.90 Å². The first-order valence-corrected chi connectivity index (χ1v) is 10.0. The van der Waals surface area contributed by atoms with Crippen molar-refractivity contribution >= 4 is 23.1 Å². The highest BCUT2D eigenvalue weighted by Crippen LogP contribution is 2.38. The predicted octanol–water partition coefficient (Wildman–Crippen LogP) is 4.18. The highest BCUT2D eigenvalue weighted by atomic mass is 16.2. The molecule has 0 spiro atoms. The summed E-state index contributed by atoms with van der Waals surface area (Å²) in [4.78, 5) is 30.2. The molecule has 2 aromatic rings. The second kappa shape index (κ2) is 7.27. The van der Waals surface area contributed by atoms with Crippen LogP contribution in [-0.4, -0.2) is 29.8 Å². The van der Waals surface area contributed by atoms with Gasteiger partial charge >= 0.3 is 0 Å². The number of hydrogen-bond acceptors (Lipinski definition) is 3. The Balaban J connectivity index is 1.88. The number of para-hydroxylation sites is 1. The van der Waals surface area contributed by atoms with E-state index in [0.29, 0.717) is 17.8 Å². The number of carbonyl (C=O) groups excluding carboxylic acids is 2. The average Bonchev–Trinajstić information content (AvgIpc) is 2.92. The number of aryl methyl sites for hydroxylation is 2. The zero-order valence-corrected chi connectivity index (χ0v) is 16.7. The number of rotatable bonds is 4. The third kappa shape index (κ3) is 3.13. The number of hydrogen-bond donors (Lipinski definition) is 0. The molecule has 0 radical (unpaired) electrons. The molecule has 144 valence electrons. The lowest BCUT2D eigenvalue weighted by Gasteiger charge is -2.32. The van der Waals surface area contributed by atoms with Gasteiger partial charge in [0.1, 0.15) is 5.70 Å². The summed E-state index contributed by atoms with van der Waals surface area (Å²) in [5.41, 5.74) is 5.27. The summed E-state index contributed by atoms with van der Waals surface area (Å²) in [6, 6.07) is 16.1. The lowest BCUT2D eigenvalue weighted by molar-refractivity contribution is -0.137. The standard InChI is InChI=1S/C24H26N2O2/c1-16(2)15-26-23(27)21(19-12-10-17(3)11-13-19)22(24(26)28)25-14-6-8-18-7-4-5-9-20(18)25/h4-5,7,9-13,16H,6,8,14-15H2,1-3H3. The second-order valence-electron chi connectivity index (χ2n) is 8.09. The van der Waals surface area contributed by atoms with Crippen molar-refractivity contribution in [1.82, 2.24) is 4.90 Å². The summed E-state index contributed by atoms with van der Waals surface area (Å²) in [6.45, 7) is 7.26. The van der Waals surface area contributed by atoms with E-state index in [2.05, 4.69) is 17.0 Å². The lowest BCUT2D eigenvalue weighted by atomic mass is 9.98. The molecule has 0 bridgehead atoms. The molecular formula is C24H26N2O2. The highest BCUT2D eigenvalue weighted by Gasteiger charge is 2.42. The van der Waals surface area contributed by atoms with Crippen LogP contribution in [0.15, 0.2) is 54.2 Å². The van der Waals surface area contributed by atoms with E-state index >= 15 is 0 Å². The molecule has 2 aliphatic heterocycles. The van der Waals surface area contributed by atoms with Crippen LogP contribution in [0.5, 0.6) is 0 Å². The number of nitrogens with zero attached hydrogens (tertiary/aromatic N) is 2. The van der Waals surface area contributed by atoms with Gasteiger partial charge < -0.3 is 4.90 Å². The quantitative estimate of drug-likeness (QED) is 0.754. The van der Waals surface area contributed by atoms with Gasteiger partial charge in [-0.3, -0.25) is 14.5 Å². The molecule has 0 unspecified atom stereocenters. The fourth-order valence-corrected chi connectivity index (χ4v) is 4.09. The van der Waals surface area contributed by atoms with Gasteiger partial charge in [0, 0.05) is 18.8 Å². The molecule has 0 atom stereocenters. The molecule has 0 N–H and O–H groups in total. The maximum Gasteiger partial charge on any atom is 0.278 e. The Morgan fingerprint density at radius 3 is 2.39 bits per heavy atom. The van der Waals surface area contributed by atoms with Gasteiger partial charge in [-0.05, 0) is 42.9 Å². The molecule has 28 heavy (non-hydrogen) atoms. The van der Waals surface area contributed by atoms with Gasteiger partial charge in [-0.15, -0.1) is 0 Å². The SMILES string of the molecule is Cc1ccc(C2=C(N3CCCc4ccccc43)C(=O)N(CC(C)C)C2=O)cc1. The molecule has 4 nitrogen and oxygen atoms in total. The Hall–Kier alpha value is -2.88. The van der Waals surface area contributed by atoms with E-state index in [1.54, 1.807) is 0 Å². The predicted molar refractivity (Wildman–Crippen MR) is 112 cm³/mol. The summed E-state index contributed by atoms with van der Waals surface area (Å²) < 4.78 is 0. The van der Waals surface area contributed by atoms with Gasteiger partial charge in [0.2, 0.25) is 0 Å². The Labute approximate surface area is 166 Å². The first kappa shape index (κ1) is 18.5. The van der Waals surface area contributed by atoms with Crippen LogP contribution in [0.25, 0.3) is 5.57 Å². The van der Waals surface area contributed by atoms with Gasteiger partial charge in [-0.25, -0.2) is 0 Å². The van der Waals surface area contributed by atoms with Gasteiger partial charge in [-0.2, -0.15) is 0 Å². The first-order chi connectivity index (χ1) is 13.5. The van der Waals surface area contributed by atoms with Crippen molar-refractivity contribution in [2.24, 2.45) is 5.92 Å². The molecule has 2 aromatic carbocycles. The van der Waals surface area contributed by atoms with Crippen molar-refractivity contribution in [2.45, 2.75) is 33.6 Å². The van der Waals surface area contributed by atoms with Gasteiger partial charge in [-0.1, -0.05) is 61.9 Å². The van der Waals surface area contributed by atoms with Crippen molar-refractivity contribution in [1.29, 1.82) is 0 Å². The van der Waals surface area contributed by atoms with Crippen molar-refractivity contribution < 1.29 is 9.59 Å². The Morgan fingerprint density at radius 1 is 0.964 bits per heavy atom. The molecule has 0 aromatic heterocycles. The third-order valence-corrected chi connectivity index (χ3v) is 5.41. The molecular weight excluding hydrogens is 348 g/mol. The number of imide groups is 1. The first-order valence-electron chi connectivity index (χ1n) is 10.0. The highest BCUT2D eigenvalue weighted by molar-refractivity contribution is 6.36. The van der Waals surface area contributed by atoms with Gasteiger partial charge in [0.05, 0.1) is 5.57 Å². The summed E-state index contributed by atoms with van der Waals surface area (Å²) in [7, 11) is 0. The minimum Gasteiger partial charge on any atom is -0.336 e. The van der Waals surface area contributed by atoms with E-state index in [4.69, 9.17) is 0 Å². The van der Waals surface area contributed by atoms with Crippen LogP contribution in [0.1, 0.15) is 37.0 Å². The maximum atomic E-state index is 13.4. The lowest BCUT2D eigenvalue weighted by Crippen LogP contribution is -2.38. The van der Waals surface area contributed by atoms with E-state index in [0.717, 1.165) is 36.2 Å². The van der Waals surface area contributed by atoms with Crippen LogP contribution in [0.4, 0.5) is 5.69 Å². The molecule has 0 aliphatic carbocycles.